The van der Waals surface area contributed by atoms with Gasteiger partial charge in [0, 0.05) is 12.7 Å². The minimum atomic E-state index is 0.558. The van der Waals surface area contributed by atoms with Crippen LogP contribution < -0.4 is 0 Å². The predicted molar refractivity (Wildman–Crippen MR) is 67.9 cm³/mol. The number of halogens is 1. The molecule has 0 N–H and O–H groups in total. The Morgan fingerprint density at radius 2 is 2.35 bits per heavy atom. The van der Waals surface area contributed by atoms with E-state index in [4.69, 9.17) is 4.42 Å². The van der Waals surface area contributed by atoms with Crippen molar-refractivity contribution in [1.29, 1.82) is 0 Å². The van der Waals surface area contributed by atoms with Crippen LogP contribution in [0.5, 0.6) is 0 Å². The topological polar surface area (TPSA) is 48.0 Å². The van der Waals surface area contributed by atoms with Gasteiger partial charge >= 0.3 is 0 Å². The Hall–Kier alpha value is -1.36. The molecule has 0 atom stereocenters. The number of aromatic nitrogens is 2. The Balaban J connectivity index is 2.32. The zero-order chi connectivity index (χ0) is 12.3. The highest BCUT2D eigenvalue weighted by Gasteiger charge is 2.13. The first-order valence-electron chi connectivity index (χ1n) is 5.53. The molecule has 0 spiro atoms. The Morgan fingerprint density at radius 3 is 2.94 bits per heavy atom. The number of nitrogens with zero attached hydrogens (tertiary/aromatic N) is 2. The Labute approximate surface area is 108 Å². The Kier molecular flexibility index (Phi) is 3.78. The zero-order valence-corrected chi connectivity index (χ0v) is 11.1. The molecule has 17 heavy (non-hydrogen) atoms. The van der Waals surface area contributed by atoms with Crippen LogP contribution in [0.3, 0.4) is 0 Å². The Morgan fingerprint density at radius 1 is 1.53 bits per heavy atom. The molecule has 90 valence electrons. The van der Waals surface area contributed by atoms with Gasteiger partial charge in [-0.1, -0.05) is 13.3 Å². The van der Waals surface area contributed by atoms with Crippen LogP contribution in [-0.4, -0.2) is 16.1 Å². The van der Waals surface area contributed by atoms with Crippen molar-refractivity contribution in [2.24, 2.45) is 0 Å². The maximum Gasteiger partial charge on any atom is 0.169 e. The molecule has 2 heterocycles. The van der Waals surface area contributed by atoms with E-state index in [1.165, 1.54) is 0 Å². The lowest BCUT2D eigenvalue weighted by atomic mass is 10.2. The molecule has 0 unspecified atom stereocenters. The van der Waals surface area contributed by atoms with Gasteiger partial charge in [0.2, 0.25) is 0 Å². The average Bonchev–Trinajstić information content (AvgIpc) is 2.92. The quantitative estimate of drug-likeness (QED) is 0.793. The first kappa shape index (κ1) is 12.1. The molecule has 2 rings (SSSR count). The van der Waals surface area contributed by atoms with Crippen molar-refractivity contribution in [3.8, 4) is 11.5 Å². The summed E-state index contributed by atoms with van der Waals surface area (Å²) in [6, 6.07) is 3.58. The molecule has 0 aliphatic carbocycles. The monoisotopic (exact) mass is 296 g/mol. The maximum absolute atomic E-state index is 11.0. The normalized spacial score (nSPS) is 10.7. The van der Waals surface area contributed by atoms with Gasteiger partial charge in [0.05, 0.1) is 5.56 Å². The molecule has 0 radical (unpaired) electrons. The number of carbonyl (C=O) groups is 1. The molecule has 2 aromatic heterocycles. The minimum absolute atomic E-state index is 0.558. The molecule has 0 saturated carbocycles. The highest BCUT2D eigenvalue weighted by atomic mass is 79.9. The molecule has 5 heteroatoms. The van der Waals surface area contributed by atoms with Crippen molar-refractivity contribution in [2.75, 3.05) is 0 Å². The maximum atomic E-state index is 11.0. The van der Waals surface area contributed by atoms with Gasteiger partial charge in [-0.05, 0) is 34.5 Å². The summed E-state index contributed by atoms with van der Waals surface area (Å²) in [5.41, 5.74) is 1.16. The first-order chi connectivity index (χ1) is 8.24. The van der Waals surface area contributed by atoms with E-state index in [1.54, 1.807) is 23.0 Å². The number of hydrogen-bond donors (Lipinski definition) is 0. The molecule has 0 amide bonds. The molecule has 0 fully saturated rings. The lowest BCUT2D eigenvalue weighted by Crippen LogP contribution is -1.97. The summed E-state index contributed by atoms with van der Waals surface area (Å²) in [6.45, 7) is 2.94. The van der Waals surface area contributed by atoms with E-state index in [9.17, 15) is 4.79 Å². The van der Waals surface area contributed by atoms with Crippen LogP contribution in [0.15, 0.2) is 27.4 Å². The van der Waals surface area contributed by atoms with Gasteiger partial charge in [0.25, 0.3) is 0 Å². The third-order valence-corrected chi connectivity index (χ3v) is 2.89. The number of carbonyl (C=O) groups excluding carboxylic acids is 1. The van der Waals surface area contributed by atoms with Gasteiger partial charge < -0.3 is 4.42 Å². The number of rotatable bonds is 5. The summed E-state index contributed by atoms with van der Waals surface area (Å²) >= 11 is 3.24. The van der Waals surface area contributed by atoms with Crippen LogP contribution in [0.25, 0.3) is 11.5 Å². The number of hydrogen-bond acceptors (Lipinski definition) is 3. The second-order valence-corrected chi connectivity index (χ2v) is 4.55. The summed E-state index contributed by atoms with van der Waals surface area (Å²) in [5.74, 6) is 0.606. The summed E-state index contributed by atoms with van der Waals surface area (Å²) in [5, 5.41) is 4.37. The fraction of sp³-hybridized carbons (Fsp3) is 0.333. The minimum Gasteiger partial charge on any atom is -0.448 e. The summed E-state index contributed by atoms with van der Waals surface area (Å²) in [6.07, 6.45) is 4.70. The fourth-order valence-corrected chi connectivity index (χ4v) is 1.90. The smallest absolute Gasteiger partial charge is 0.169 e. The predicted octanol–water partition coefficient (Wildman–Crippen LogP) is 3.52. The van der Waals surface area contributed by atoms with Crippen LogP contribution in [0, 0.1) is 0 Å². The molecule has 0 bridgehead atoms. The first-order valence-corrected chi connectivity index (χ1v) is 6.32. The van der Waals surface area contributed by atoms with E-state index in [0.29, 0.717) is 21.7 Å². The largest absolute Gasteiger partial charge is 0.448 e. The van der Waals surface area contributed by atoms with E-state index in [-0.39, 0.29) is 0 Å². The molecule has 4 nitrogen and oxygen atoms in total. The van der Waals surface area contributed by atoms with E-state index < -0.39 is 0 Å². The van der Waals surface area contributed by atoms with Crippen molar-refractivity contribution in [3.63, 3.8) is 0 Å². The second kappa shape index (κ2) is 5.31. The van der Waals surface area contributed by atoms with Crippen molar-refractivity contribution >= 4 is 22.2 Å². The third-order valence-electron chi connectivity index (χ3n) is 2.46. The lowest BCUT2D eigenvalue weighted by molar-refractivity contribution is 0.112. The van der Waals surface area contributed by atoms with Crippen molar-refractivity contribution in [2.45, 2.75) is 26.3 Å². The van der Waals surface area contributed by atoms with Crippen LogP contribution in [0.2, 0.25) is 0 Å². The molecule has 0 saturated heterocycles. The molecule has 2 aromatic rings. The number of furan rings is 1. The van der Waals surface area contributed by atoms with E-state index in [1.807, 2.05) is 0 Å². The lowest BCUT2D eigenvalue weighted by Gasteiger charge is -1.97. The van der Waals surface area contributed by atoms with E-state index >= 15 is 0 Å². The fourth-order valence-electron chi connectivity index (χ4n) is 1.59. The van der Waals surface area contributed by atoms with E-state index in [2.05, 4.69) is 28.0 Å². The second-order valence-electron chi connectivity index (χ2n) is 3.77. The summed E-state index contributed by atoms with van der Waals surface area (Å²) < 4.78 is 7.83. The van der Waals surface area contributed by atoms with Crippen LogP contribution in [-0.2, 0) is 6.54 Å². The molecular formula is C12H13BrN2O2. The summed E-state index contributed by atoms with van der Waals surface area (Å²) in [4.78, 5) is 11.0. The number of unbranched alkanes of at least 4 members (excludes halogenated alkanes) is 1. The molecular weight excluding hydrogens is 284 g/mol. The molecule has 0 aromatic carbocycles. The van der Waals surface area contributed by atoms with E-state index in [0.717, 1.165) is 25.7 Å². The van der Waals surface area contributed by atoms with Gasteiger partial charge in [-0.3, -0.25) is 9.48 Å². The third kappa shape index (κ3) is 2.66. The van der Waals surface area contributed by atoms with Gasteiger partial charge in [-0.2, -0.15) is 5.10 Å². The SMILES string of the molecule is CCCCn1cc(C=O)c(-c2ccc(Br)o2)n1. The van der Waals surface area contributed by atoms with Gasteiger partial charge in [0.1, 0.15) is 5.69 Å². The standard InChI is InChI=1S/C12H13BrN2O2/c1-2-3-6-15-7-9(8-16)12(14-15)10-4-5-11(13)17-10/h4-5,7-8H,2-3,6H2,1H3. The zero-order valence-electron chi connectivity index (χ0n) is 9.52. The van der Waals surface area contributed by atoms with Crippen LogP contribution in [0.1, 0.15) is 30.1 Å². The number of aryl methyl sites for hydroxylation is 1. The summed E-state index contributed by atoms with van der Waals surface area (Å²) in [7, 11) is 0. The van der Waals surface area contributed by atoms with Crippen molar-refractivity contribution in [1.82, 2.24) is 9.78 Å². The van der Waals surface area contributed by atoms with Gasteiger partial charge in [-0.25, -0.2) is 0 Å². The molecule has 0 aliphatic rings. The average molecular weight is 297 g/mol. The van der Waals surface area contributed by atoms with Crippen LogP contribution in [0.4, 0.5) is 0 Å². The Bertz CT molecular complexity index is 516. The van der Waals surface area contributed by atoms with Crippen molar-refractivity contribution < 1.29 is 9.21 Å². The van der Waals surface area contributed by atoms with Gasteiger partial charge in [0.15, 0.2) is 16.7 Å². The highest BCUT2D eigenvalue weighted by Crippen LogP contribution is 2.25. The van der Waals surface area contributed by atoms with Gasteiger partial charge in [-0.15, -0.1) is 0 Å². The van der Waals surface area contributed by atoms with Crippen LogP contribution >= 0.6 is 15.9 Å². The number of aldehydes is 1. The highest BCUT2D eigenvalue weighted by molar-refractivity contribution is 9.10. The molecule has 0 aliphatic heterocycles. The van der Waals surface area contributed by atoms with Crippen molar-refractivity contribution in [3.05, 3.63) is 28.6 Å².